The summed E-state index contributed by atoms with van der Waals surface area (Å²) < 4.78 is 0. The lowest BCUT2D eigenvalue weighted by Crippen LogP contribution is -2.33. The lowest BCUT2D eigenvalue weighted by atomic mass is 9.96. The fraction of sp³-hybridized carbons (Fsp3) is 0.727. The molecule has 1 heterocycles. The van der Waals surface area contributed by atoms with E-state index >= 15 is 0 Å². The molecule has 1 unspecified atom stereocenters. The molecule has 1 atom stereocenters. The minimum atomic E-state index is -0.565. The molecule has 0 saturated carbocycles. The van der Waals surface area contributed by atoms with Gasteiger partial charge in [-0.05, 0) is 6.92 Å². The first-order valence-corrected chi connectivity index (χ1v) is 5.58. The van der Waals surface area contributed by atoms with Crippen LogP contribution in [-0.4, -0.2) is 50.8 Å². The summed E-state index contributed by atoms with van der Waals surface area (Å²) in [7, 11) is 1.61. The lowest BCUT2D eigenvalue weighted by Gasteiger charge is -2.17. The number of aliphatic hydroxyl groups excluding tert-OH is 1. The maximum Gasteiger partial charge on any atom is 0.293 e. The molecule has 96 valence electrons. The van der Waals surface area contributed by atoms with Gasteiger partial charge < -0.3 is 10.0 Å². The zero-order valence-electron chi connectivity index (χ0n) is 11.0. The zero-order chi connectivity index (χ0) is 13.2. The van der Waals surface area contributed by atoms with E-state index in [1.165, 1.54) is 4.90 Å². The van der Waals surface area contributed by atoms with Crippen molar-refractivity contribution in [2.24, 2.45) is 0 Å². The monoisotopic (exact) mass is 240 g/mol. The topological polar surface area (TPSA) is 82.1 Å². The number of rotatable bonds is 3. The van der Waals surface area contributed by atoms with Gasteiger partial charge in [-0.2, -0.15) is 0 Å². The third-order valence-electron chi connectivity index (χ3n) is 2.27. The molecule has 0 radical (unpaired) electrons. The van der Waals surface area contributed by atoms with Crippen LogP contribution in [0.3, 0.4) is 0 Å². The summed E-state index contributed by atoms with van der Waals surface area (Å²) in [6, 6.07) is 0. The molecular weight excluding hydrogens is 220 g/mol. The van der Waals surface area contributed by atoms with Crippen LogP contribution in [0.5, 0.6) is 0 Å². The van der Waals surface area contributed by atoms with E-state index in [-0.39, 0.29) is 23.7 Å². The third kappa shape index (κ3) is 3.52. The first-order valence-electron chi connectivity index (χ1n) is 5.58. The molecule has 0 aliphatic carbocycles. The number of H-pyrrole nitrogens is 1. The Morgan fingerprint density at radius 2 is 2.12 bits per heavy atom. The molecule has 1 amide bonds. The van der Waals surface area contributed by atoms with E-state index in [2.05, 4.69) is 15.2 Å². The number of carbonyl (C=O) groups is 1. The molecule has 1 rings (SSSR count). The molecule has 2 N–H and O–H groups in total. The quantitative estimate of drug-likeness (QED) is 0.808. The van der Waals surface area contributed by atoms with Crippen molar-refractivity contribution < 1.29 is 9.90 Å². The Balaban J connectivity index is 2.80. The van der Waals surface area contributed by atoms with Gasteiger partial charge in [0.15, 0.2) is 0 Å². The highest BCUT2D eigenvalue weighted by Gasteiger charge is 2.23. The number of amides is 1. The summed E-state index contributed by atoms with van der Waals surface area (Å²) in [6.07, 6.45) is -0.565. The van der Waals surface area contributed by atoms with Crippen LogP contribution >= 0.6 is 0 Å². The van der Waals surface area contributed by atoms with Crippen molar-refractivity contribution in [3.8, 4) is 0 Å². The highest BCUT2D eigenvalue weighted by Crippen LogP contribution is 2.17. The predicted octanol–water partition coefficient (Wildman–Crippen LogP) is 0.555. The van der Waals surface area contributed by atoms with Gasteiger partial charge >= 0.3 is 0 Å². The van der Waals surface area contributed by atoms with Gasteiger partial charge in [-0.25, -0.2) is 4.98 Å². The zero-order valence-corrected chi connectivity index (χ0v) is 11.0. The molecule has 1 aromatic rings. The maximum atomic E-state index is 11.9. The largest absolute Gasteiger partial charge is 0.392 e. The van der Waals surface area contributed by atoms with Crippen molar-refractivity contribution in [1.29, 1.82) is 0 Å². The van der Waals surface area contributed by atoms with Crippen LogP contribution < -0.4 is 0 Å². The second-order valence-electron chi connectivity index (χ2n) is 5.29. The van der Waals surface area contributed by atoms with Gasteiger partial charge in [0.1, 0.15) is 5.82 Å². The molecule has 0 aromatic carbocycles. The molecule has 0 saturated heterocycles. The minimum Gasteiger partial charge on any atom is -0.392 e. The van der Waals surface area contributed by atoms with Gasteiger partial charge in [-0.1, -0.05) is 20.8 Å². The summed E-state index contributed by atoms with van der Waals surface area (Å²) in [4.78, 5) is 17.5. The van der Waals surface area contributed by atoms with Gasteiger partial charge in [-0.15, -0.1) is 5.10 Å². The Labute approximate surface area is 101 Å². The Kier molecular flexibility index (Phi) is 3.87. The number of hydrogen-bond acceptors (Lipinski definition) is 4. The van der Waals surface area contributed by atoms with Crippen LogP contribution in [0.2, 0.25) is 0 Å². The van der Waals surface area contributed by atoms with Gasteiger partial charge in [0.05, 0.1) is 6.10 Å². The summed E-state index contributed by atoms with van der Waals surface area (Å²) in [5.74, 6) is 0.516. The van der Waals surface area contributed by atoms with E-state index in [0.717, 1.165) is 0 Å². The number of aliphatic hydroxyl groups is 1. The SMILES string of the molecule is CC(O)CN(C)C(=O)c1n[nH]c(C(C)(C)C)n1. The first-order chi connectivity index (χ1) is 7.71. The Morgan fingerprint density at radius 1 is 1.53 bits per heavy atom. The summed E-state index contributed by atoms with van der Waals surface area (Å²) in [5.41, 5.74) is -0.172. The van der Waals surface area contributed by atoms with Crippen molar-refractivity contribution in [3.05, 3.63) is 11.6 Å². The number of carbonyl (C=O) groups excluding carboxylic acids is 1. The summed E-state index contributed by atoms with van der Waals surface area (Å²) in [5, 5.41) is 15.9. The summed E-state index contributed by atoms with van der Waals surface area (Å²) >= 11 is 0. The molecule has 1 aromatic heterocycles. The van der Waals surface area contributed by atoms with Crippen LogP contribution in [0.15, 0.2) is 0 Å². The van der Waals surface area contributed by atoms with Crippen molar-refractivity contribution in [2.75, 3.05) is 13.6 Å². The van der Waals surface area contributed by atoms with E-state index in [1.807, 2.05) is 20.8 Å². The van der Waals surface area contributed by atoms with Crippen LogP contribution in [0.4, 0.5) is 0 Å². The second-order valence-corrected chi connectivity index (χ2v) is 5.29. The molecule has 17 heavy (non-hydrogen) atoms. The molecule has 0 fully saturated rings. The number of nitrogens with zero attached hydrogens (tertiary/aromatic N) is 3. The molecular formula is C11H20N4O2. The summed E-state index contributed by atoms with van der Waals surface area (Å²) in [6.45, 7) is 7.85. The molecule has 0 bridgehead atoms. The third-order valence-corrected chi connectivity index (χ3v) is 2.27. The number of likely N-dealkylation sites (N-methyl/N-ethyl adjacent to an activating group) is 1. The second kappa shape index (κ2) is 4.83. The predicted molar refractivity (Wildman–Crippen MR) is 63.7 cm³/mol. The minimum absolute atomic E-state index is 0.137. The molecule has 6 nitrogen and oxygen atoms in total. The van der Waals surface area contributed by atoms with Crippen LogP contribution in [0.25, 0.3) is 0 Å². The highest BCUT2D eigenvalue weighted by molar-refractivity contribution is 5.90. The van der Waals surface area contributed by atoms with Crippen molar-refractivity contribution >= 4 is 5.91 Å². The molecule has 6 heteroatoms. The molecule has 0 aliphatic heterocycles. The van der Waals surface area contributed by atoms with Crippen molar-refractivity contribution in [1.82, 2.24) is 20.1 Å². The van der Waals surface area contributed by atoms with Crippen LogP contribution in [0.1, 0.15) is 44.1 Å². The fourth-order valence-corrected chi connectivity index (χ4v) is 1.34. The Bertz CT molecular complexity index is 392. The normalized spacial score (nSPS) is 13.5. The van der Waals surface area contributed by atoms with Gasteiger partial charge in [0.2, 0.25) is 5.82 Å². The van der Waals surface area contributed by atoms with E-state index in [0.29, 0.717) is 5.82 Å². The van der Waals surface area contributed by atoms with Crippen LogP contribution in [-0.2, 0) is 5.41 Å². The lowest BCUT2D eigenvalue weighted by molar-refractivity contribution is 0.0692. The average Bonchev–Trinajstić information content (AvgIpc) is 2.63. The number of aromatic nitrogens is 3. The van der Waals surface area contributed by atoms with Crippen molar-refractivity contribution in [2.45, 2.75) is 39.2 Å². The molecule has 0 spiro atoms. The number of nitrogens with one attached hydrogen (secondary N) is 1. The Morgan fingerprint density at radius 3 is 2.53 bits per heavy atom. The van der Waals surface area contributed by atoms with Gasteiger partial charge in [-0.3, -0.25) is 9.89 Å². The van der Waals surface area contributed by atoms with Crippen LogP contribution in [0, 0.1) is 0 Å². The highest BCUT2D eigenvalue weighted by atomic mass is 16.3. The van der Waals surface area contributed by atoms with Gasteiger partial charge in [0, 0.05) is 19.0 Å². The fourth-order valence-electron chi connectivity index (χ4n) is 1.34. The van der Waals surface area contributed by atoms with E-state index < -0.39 is 6.10 Å². The standard InChI is InChI=1S/C11H20N4O2/c1-7(16)6-15(5)9(17)8-12-10(14-13-8)11(2,3)4/h7,16H,6H2,1-5H3,(H,12,13,14). The Hall–Kier alpha value is -1.43. The smallest absolute Gasteiger partial charge is 0.293 e. The van der Waals surface area contributed by atoms with E-state index in [9.17, 15) is 9.90 Å². The van der Waals surface area contributed by atoms with E-state index in [1.54, 1.807) is 14.0 Å². The first kappa shape index (κ1) is 13.6. The molecule has 0 aliphatic rings. The average molecular weight is 240 g/mol. The maximum absolute atomic E-state index is 11.9. The van der Waals surface area contributed by atoms with Gasteiger partial charge in [0.25, 0.3) is 5.91 Å². The number of hydrogen-bond donors (Lipinski definition) is 2. The van der Waals surface area contributed by atoms with Crippen molar-refractivity contribution in [3.63, 3.8) is 0 Å². The number of aromatic amines is 1. The van der Waals surface area contributed by atoms with E-state index in [4.69, 9.17) is 0 Å².